The van der Waals surface area contributed by atoms with Gasteiger partial charge in [0.25, 0.3) is 0 Å². The first-order valence-corrected chi connectivity index (χ1v) is 6.48. The van der Waals surface area contributed by atoms with Gasteiger partial charge in [-0.15, -0.1) is 0 Å². The molecule has 1 heterocycles. The highest BCUT2D eigenvalue weighted by molar-refractivity contribution is 5.76. The Hall–Kier alpha value is -0.610. The number of likely N-dealkylation sites (tertiary alicyclic amines) is 1. The number of nitrogens with zero attached hydrogens (tertiary/aromatic N) is 1. The van der Waals surface area contributed by atoms with Gasteiger partial charge in [-0.3, -0.25) is 4.79 Å². The predicted molar refractivity (Wildman–Crippen MR) is 69.0 cm³/mol. The molecule has 1 amide bonds. The molecule has 1 aliphatic rings. The summed E-state index contributed by atoms with van der Waals surface area (Å²) < 4.78 is 5.29. The monoisotopic (exact) mass is 242 g/mol. The van der Waals surface area contributed by atoms with Crippen molar-refractivity contribution < 1.29 is 9.53 Å². The third-order valence-electron chi connectivity index (χ3n) is 3.12. The van der Waals surface area contributed by atoms with Crippen molar-refractivity contribution in [1.29, 1.82) is 0 Å². The predicted octanol–water partition coefficient (Wildman–Crippen LogP) is 1.40. The Morgan fingerprint density at radius 2 is 1.94 bits per heavy atom. The third kappa shape index (κ3) is 5.50. The van der Waals surface area contributed by atoms with Gasteiger partial charge in [-0.2, -0.15) is 0 Å². The lowest BCUT2D eigenvalue weighted by molar-refractivity contribution is -0.133. The van der Waals surface area contributed by atoms with E-state index < -0.39 is 0 Å². The number of nitrogens with one attached hydrogen (secondary N) is 1. The Bertz CT molecular complexity index is 240. The first-order chi connectivity index (χ1) is 7.92. The normalized spacial score (nSPS) is 18.5. The molecule has 0 unspecified atom stereocenters. The molecule has 0 atom stereocenters. The minimum atomic E-state index is 0.0866. The Kier molecular flexibility index (Phi) is 5.40. The molecule has 0 aromatic heterocycles. The average molecular weight is 242 g/mol. The largest absolute Gasteiger partial charge is 0.381 e. The summed E-state index contributed by atoms with van der Waals surface area (Å²) in [5.74, 6) is 0.260. The van der Waals surface area contributed by atoms with E-state index in [1.165, 1.54) is 0 Å². The molecule has 0 radical (unpaired) electrons. The molecule has 100 valence electrons. The number of carbonyl (C=O) groups excluding carboxylic acids is 1. The maximum Gasteiger partial charge on any atom is 0.223 e. The standard InChI is InChI=1S/C13H26N2O2/c1-13(2,3)14-8-5-12(16)15-9-6-11(17-4)7-10-15/h11,14H,5-10H2,1-4H3. The molecule has 4 heteroatoms. The van der Waals surface area contributed by atoms with Crippen LogP contribution in [-0.2, 0) is 9.53 Å². The topological polar surface area (TPSA) is 41.6 Å². The number of piperidine rings is 1. The van der Waals surface area contributed by atoms with Crippen LogP contribution in [0.4, 0.5) is 0 Å². The van der Waals surface area contributed by atoms with Gasteiger partial charge in [0, 0.05) is 38.7 Å². The third-order valence-corrected chi connectivity index (χ3v) is 3.12. The van der Waals surface area contributed by atoms with Crippen LogP contribution in [0, 0.1) is 0 Å². The van der Waals surface area contributed by atoms with Gasteiger partial charge < -0.3 is 15.0 Å². The zero-order valence-electron chi connectivity index (χ0n) is 11.6. The van der Waals surface area contributed by atoms with Gasteiger partial charge in [0.05, 0.1) is 6.10 Å². The van der Waals surface area contributed by atoms with Gasteiger partial charge in [0.1, 0.15) is 0 Å². The van der Waals surface area contributed by atoms with Gasteiger partial charge in [-0.05, 0) is 33.6 Å². The quantitative estimate of drug-likeness (QED) is 0.810. The molecular weight excluding hydrogens is 216 g/mol. The van der Waals surface area contributed by atoms with E-state index in [1.54, 1.807) is 7.11 Å². The molecule has 1 saturated heterocycles. The highest BCUT2D eigenvalue weighted by Gasteiger charge is 2.22. The van der Waals surface area contributed by atoms with Crippen LogP contribution in [0.15, 0.2) is 0 Å². The molecule has 1 fully saturated rings. The van der Waals surface area contributed by atoms with E-state index in [9.17, 15) is 4.79 Å². The van der Waals surface area contributed by atoms with Gasteiger partial charge in [0.2, 0.25) is 5.91 Å². The molecule has 0 saturated carbocycles. The van der Waals surface area contributed by atoms with Gasteiger partial charge in [-0.25, -0.2) is 0 Å². The molecule has 1 rings (SSSR count). The van der Waals surface area contributed by atoms with E-state index in [0.717, 1.165) is 32.5 Å². The van der Waals surface area contributed by atoms with E-state index in [-0.39, 0.29) is 11.4 Å². The van der Waals surface area contributed by atoms with Crippen LogP contribution in [0.5, 0.6) is 0 Å². The summed E-state index contributed by atoms with van der Waals surface area (Å²) in [6, 6.07) is 0. The van der Waals surface area contributed by atoms with Crippen molar-refractivity contribution in [2.45, 2.75) is 51.7 Å². The lowest BCUT2D eigenvalue weighted by atomic mass is 10.1. The van der Waals surface area contributed by atoms with Crippen molar-refractivity contribution in [3.05, 3.63) is 0 Å². The lowest BCUT2D eigenvalue weighted by Gasteiger charge is -2.31. The summed E-state index contributed by atoms with van der Waals surface area (Å²) >= 11 is 0. The SMILES string of the molecule is COC1CCN(C(=O)CCNC(C)(C)C)CC1. The van der Waals surface area contributed by atoms with Gasteiger partial charge in [-0.1, -0.05) is 0 Å². The van der Waals surface area contributed by atoms with E-state index in [1.807, 2.05) is 4.90 Å². The number of carbonyl (C=O) groups is 1. The number of amides is 1. The molecule has 1 aliphatic heterocycles. The van der Waals surface area contributed by atoms with Crippen molar-refractivity contribution in [3.8, 4) is 0 Å². The fourth-order valence-corrected chi connectivity index (χ4v) is 2.04. The lowest BCUT2D eigenvalue weighted by Crippen LogP contribution is -2.43. The van der Waals surface area contributed by atoms with E-state index in [4.69, 9.17) is 4.74 Å². The molecule has 0 aromatic rings. The minimum Gasteiger partial charge on any atom is -0.381 e. The van der Waals surface area contributed by atoms with E-state index in [2.05, 4.69) is 26.1 Å². The molecule has 1 N–H and O–H groups in total. The molecule has 0 spiro atoms. The van der Waals surface area contributed by atoms with Crippen molar-refractivity contribution in [3.63, 3.8) is 0 Å². The van der Waals surface area contributed by atoms with Crippen molar-refractivity contribution >= 4 is 5.91 Å². The van der Waals surface area contributed by atoms with Gasteiger partial charge >= 0.3 is 0 Å². The van der Waals surface area contributed by atoms with Gasteiger partial charge in [0.15, 0.2) is 0 Å². The Balaban J connectivity index is 2.21. The number of ether oxygens (including phenoxy) is 1. The molecule has 4 nitrogen and oxygen atoms in total. The summed E-state index contributed by atoms with van der Waals surface area (Å²) in [7, 11) is 1.75. The highest BCUT2D eigenvalue weighted by atomic mass is 16.5. The van der Waals surface area contributed by atoms with Crippen molar-refractivity contribution in [1.82, 2.24) is 10.2 Å². The fraction of sp³-hybridized carbons (Fsp3) is 0.923. The summed E-state index contributed by atoms with van der Waals surface area (Å²) in [5.41, 5.74) is 0.0866. The Labute approximate surface area is 105 Å². The molecule has 0 aliphatic carbocycles. The van der Waals surface area contributed by atoms with Crippen LogP contribution in [-0.4, -0.2) is 49.2 Å². The molecule has 0 aromatic carbocycles. The Morgan fingerprint density at radius 3 is 2.41 bits per heavy atom. The summed E-state index contributed by atoms with van der Waals surface area (Å²) in [6.07, 6.45) is 2.87. The Morgan fingerprint density at radius 1 is 1.35 bits per heavy atom. The van der Waals surface area contributed by atoms with Crippen LogP contribution < -0.4 is 5.32 Å². The summed E-state index contributed by atoms with van der Waals surface area (Å²) in [6.45, 7) is 8.77. The van der Waals surface area contributed by atoms with Crippen molar-refractivity contribution in [2.24, 2.45) is 0 Å². The van der Waals surface area contributed by atoms with Crippen LogP contribution in [0.3, 0.4) is 0 Å². The number of hydrogen-bond donors (Lipinski definition) is 1. The first-order valence-electron chi connectivity index (χ1n) is 6.48. The first kappa shape index (κ1) is 14.5. The second kappa shape index (κ2) is 6.36. The van der Waals surface area contributed by atoms with Crippen LogP contribution in [0.25, 0.3) is 0 Å². The number of rotatable bonds is 4. The summed E-state index contributed by atoms with van der Waals surface area (Å²) in [4.78, 5) is 13.9. The smallest absolute Gasteiger partial charge is 0.223 e. The number of hydrogen-bond acceptors (Lipinski definition) is 3. The van der Waals surface area contributed by atoms with Crippen LogP contribution in [0.1, 0.15) is 40.0 Å². The fourth-order valence-electron chi connectivity index (χ4n) is 2.04. The van der Waals surface area contributed by atoms with E-state index in [0.29, 0.717) is 12.5 Å². The average Bonchev–Trinajstić information content (AvgIpc) is 2.27. The minimum absolute atomic E-state index is 0.0866. The second-order valence-electron chi connectivity index (χ2n) is 5.74. The van der Waals surface area contributed by atoms with Crippen LogP contribution >= 0.6 is 0 Å². The zero-order valence-corrected chi connectivity index (χ0v) is 11.6. The second-order valence-corrected chi connectivity index (χ2v) is 5.74. The molecule has 0 bridgehead atoms. The van der Waals surface area contributed by atoms with Crippen molar-refractivity contribution in [2.75, 3.05) is 26.7 Å². The highest BCUT2D eigenvalue weighted by Crippen LogP contribution is 2.13. The maximum absolute atomic E-state index is 11.9. The molecular formula is C13H26N2O2. The van der Waals surface area contributed by atoms with E-state index >= 15 is 0 Å². The summed E-state index contributed by atoms with van der Waals surface area (Å²) in [5, 5.41) is 3.34. The molecule has 17 heavy (non-hydrogen) atoms. The zero-order chi connectivity index (χ0) is 12.9. The van der Waals surface area contributed by atoms with Crippen LogP contribution in [0.2, 0.25) is 0 Å². The number of methoxy groups -OCH3 is 1. The maximum atomic E-state index is 11.9.